The van der Waals surface area contributed by atoms with Gasteiger partial charge in [-0.05, 0) is 12.1 Å². The van der Waals surface area contributed by atoms with E-state index < -0.39 is 54.0 Å². The Morgan fingerprint density at radius 1 is 1.28 bits per heavy atom. The molecular formula is C11H4Cl2F3KN4O3S. The first-order valence-electron chi connectivity index (χ1n) is 5.69. The van der Waals surface area contributed by atoms with Crippen molar-refractivity contribution in [2.45, 2.75) is 11.1 Å². The molecule has 7 nitrogen and oxygen atoms in total. The van der Waals surface area contributed by atoms with Crippen LogP contribution >= 0.6 is 23.2 Å². The van der Waals surface area contributed by atoms with Crippen molar-refractivity contribution in [3.05, 3.63) is 33.4 Å². The molecule has 0 aliphatic carbocycles. The SMILES string of the molecule is N#Cc1nn(-c2c(Cl)cc(C(F)(F)F)cc2Cl)c(N)c1S(=O)(=O)[O-].[K+]. The van der Waals surface area contributed by atoms with Crippen molar-refractivity contribution in [3.63, 3.8) is 0 Å². The minimum Gasteiger partial charge on any atom is -0.744 e. The molecule has 2 rings (SSSR count). The molecule has 0 unspecified atom stereocenters. The summed E-state index contributed by atoms with van der Waals surface area (Å²) in [5.41, 5.74) is 3.08. The fourth-order valence-electron chi connectivity index (χ4n) is 1.84. The van der Waals surface area contributed by atoms with E-state index in [4.69, 9.17) is 34.2 Å². The summed E-state index contributed by atoms with van der Waals surface area (Å²) in [5, 5.41) is 11.2. The van der Waals surface area contributed by atoms with Crippen LogP contribution in [0.15, 0.2) is 17.0 Å². The molecule has 2 aromatic rings. The first-order valence-corrected chi connectivity index (χ1v) is 7.85. The molecule has 0 fully saturated rings. The van der Waals surface area contributed by atoms with Gasteiger partial charge in [-0.1, -0.05) is 23.2 Å². The zero-order valence-electron chi connectivity index (χ0n) is 12.1. The van der Waals surface area contributed by atoms with Gasteiger partial charge in [0.25, 0.3) is 0 Å². The number of benzene rings is 1. The van der Waals surface area contributed by atoms with Crippen molar-refractivity contribution in [2.24, 2.45) is 0 Å². The molecular weight excluding hydrogens is 435 g/mol. The van der Waals surface area contributed by atoms with Crippen molar-refractivity contribution in [2.75, 3.05) is 5.73 Å². The predicted octanol–water partition coefficient (Wildman–Crippen LogP) is -0.440. The van der Waals surface area contributed by atoms with Crippen LogP contribution in [0.2, 0.25) is 10.0 Å². The quantitative estimate of drug-likeness (QED) is 0.500. The van der Waals surface area contributed by atoms with Crippen molar-refractivity contribution in [1.82, 2.24) is 9.78 Å². The van der Waals surface area contributed by atoms with E-state index in [2.05, 4.69) is 5.10 Å². The number of nitriles is 1. The fourth-order valence-corrected chi connectivity index (χ4v) is 3.15. The molecule has 0 bridgehead atoms. The van der Waals surface area contributed by atoms with Gasteiger partial charge < -0.3 is 10.3 Å². The van der Waals surface area contributed by atoms with Crippen LogP contribution in [0.1, 0.15) is 11.3 Å². The molecule has 0 radical (unpaired) electrons. The molecule has 2 N–H and O–H groups in total. The zero-order valence-corrected chi connectivity index (χ0v) is 17.5. The van der Waals surface area contributed by atoms with Crippen LogP contribution in [0.3, 0.4) is 0 Å². The van der Waals surface area contributed by atoms with Gasteiger partial charge in [0.1, 0.15) is 32.6 Å². The van der Waals surface area contributed by atoms with Gasteiger partial charge in [-0.15, -0.1) is 0 Å². The number of halogens is 5. The third-order valence-corrected chi connectivity index (χ3v) is 4.27. The van der Waals surface area contributed by atoms with E-state index >= 15 is 0 Å². The Morgan fingerprint density at radius 2 is 1.76 bits per heavy atom. The Labute approximate surface area is 191 Å². The summed E-state index contributed by atoms with van der Waals surface area (Å²) in [4.78, 5) is -1.11. The van der Waals surface area contributed by atoms with Crippen LogP contribution in [-0.4, -0.2) is 22.8 Å². The molecule has 25 heavy (non-hydrogen) atoms. The Kier molecular flexibility index (Phi) is 6.99. The number of nitrogens with zero attached hydrogens (tertiary/aromatic N) is 3. The van der Waals surface area contributed by atoms with Crippen molar-refractivity contribution in [3.8, 4) is 11.8 Å². The molecule has 0 saturated carbocycles. The van der Waals surface area contributed by atoms with Crippen molar-refractivity contribution < 1.29 is 77.5 Å². The maximum atomic E-state index is 12.7. The zero-order chi connectivity index (χ0) is 18.4. The molecule has 0 atom stereocenters. The summed E-state index contributed by atoms with van der Waals surface area (Å²) in [5.74, 6) is -0.801. The van der Waals surface area contributed by atoms with Gasteiger partial charge in [-0.3, -0.25) is 0 Å². The van der Waals surface area contributed by atoms with Gasteiger partial charge in [0.2, 0.25) is 0 Å². The molecule has 14 heteroatoms. The topological polar surface area (TPSA) is 125 Å². The van der Waals surface area contributed by atoms with Crippen molar-refractivity contribution in [1.29, 1.82) is 5.26 Å². The number of anilines is 1. The average molecular weight is 439 g/mol. The second kappa shape index (κ2) is 7.71. The van der Waals surface area contributed by atoms with Gasteiger partial charge in [-0.2, -0.15) is 23.5 Å². The number of rotatable bonds is 2. The van der Waals surface area contributed by atoms with Crippen LogP contribution in [0.25, 0.3) is 5.69 Å². The number of alkyl halides is 3. The standard InChI is InChI=1S/C11H5Cl2F3N4O3S.K/c12-5-1-4(11(14,15)16)2-6(13)8(5)20-10(18)9(24(21,22)23)7(3-17)19-20;/h1-2H,18H2,(H,21,22,23);/q;+1/p-1. The number of nitrogen functional groups attached to an aromatic ring is 1. The molecule has 0 amide bonds. The number of hydrogen-bond acceptors (Lipinski definition) is 6. The van der Waals surface area contributed by atoms with Gasteiger partial charge in [0.05, 0.1) is 15.6 Å². The maximum absolute atomic E-state index is 12.7. The van der Waals surface area contributed by atoms with Crippen LogP contribution in [0.5, 0.6) is 0 Å². The van der Waals surface area contributed by atoms with Gasteiger partial charge in [-0.25, -0.2) is 13.1 Å². The molecule has 0 saturated heterocycles. The first-order chi connectivity index (χ1) is 10.9. The summed E-state index contributed by atoms with van der Waals surface area (Å²) >= 11 is 11.5. The molecule has 128 valence electrons. The third-order valence-electron chi connectivity index (χ3n) is 2.79. The van der Waals surface area contributed by atoms with Gasteiger partial charge in [0.15, 0.2) is 5.69 Å². The first kappa shape index (κ1) is 22.7. The Bertz CT molecular complexity index is 963. The van der Waals surface area contributed by atoms with E-state index in [9.17, 15) is 26.1 Å². The second-order valence-corrected chi connectivity index (χ2v) is 6.46. The van der Waals surface area contributed by atoms with Crippen molar-refractivity contribution >= 4 is 39.1 Å². The predicted molar refractivity (Wildman–Crippen MR) is 75.7 cm³/mol. The second-order valence-electron chi connectivity index (χ2n) is 4.33. The summed E-state index contributed by atoms with van der Waals surface area (Å²) in [6.45, 7) is 0. The summed E-state index contributed by atoms with van der Waals surface area (Å²) in [6.07, 6.45) is -4.73. The number of aromatic nitrogens is 2. The summed E-state index contributed by atoms with van der Waals surface area (Å²) < 4.78 is 72.2. The van der Waals surface area contributed by atoms with Gasteiger partial charge in [0, 0.05) is 0 Å². The van der Waals surface area contributed by atoms with E-state index in [0.29, 0.717) is 16.8 Å². The fraction of sp³-hybridized carbons (Fsp3) is 0.0909. The van der Waals surface area contributed by atoms with E-state index in [1.807, 2.05) is 0 Å². The Hall–Kier alpha value is -0.364. The maximum Gasteiger partial charge on any atom is 1.00 e. The van der Waals surface area contributed by atoms with E-state index in [0.717, 1.165) is 0 Å². The molecule has 0 aliphatic rings. The molecule has 0 aliphatic heterocycles. The van der Waals surface area contributed by atoms with Crippen LogP contribution in [0.4, 0.5) is 19.0 Å². The minimum absolute atomic E-state index is 0. The van der Waals surface area contributed by atoms with Gasteiger partial charge >= 0.3 is 57.6 Å². The average Bonchev–Trinajstić information content (AvgIpc) is 2.74. The molecule has 1 aromatic heterocycles. The van der Waals surface area contributed by atoms with Crippen LogP contribution < -0.4 is 57.1 Å². The van der Waals surface area contributed by atoms with E-state index in [-0.39, 0.29) is 51.4 Å². The smallest absolute Gasteiger partial charge is 0.744 e. The van der Waals surface area contributed by atoms with E-state index in [1.165, 1.54) is 6.07 Å². The normalized spacial score (nSPS) is 11.7. The molecule has 1 aromatic carbocycles. The summed E-state index contributed by atoms with van der Waals surface area (Å²) in [6, 6.07) is 2.38. The van der Waals surface area contributed by atoms with Crippen LogP contribution in [0, 0.1) is 11.3 Å². The number of hydrogen-bond donors (Lipinski definition) is 1. The largest absolute Gasteiger partial charge is 1.00 e. The Balaban J connectivity index is 0.00000312. The van der Waals surface area contributed by atoms with E-state index in [1.54, 1.807) is 0 Å². The molecule has 1 heterocycles. The summed E-state index contributed by atoms with van der Waals surface area (Å²) in [7, 11) is -5.17. The third kappa shape index (κ3) is 4.49. The number of nitrogens with two attached hydrogens (primary N) is 1. The Morgan fingerprint density at radius 3 is 2.08 bits per heavy atom. The van der Waals surface area contributed by atoms with Crippen LogP contribution in [-0.2, 0) is 16.3 Å². The molecule has 0 spiro atoms. The monoisotopic (exact) mass is 438 g/mol. The minimum atomic E-state index is -5.17.